The van der Waals surface area contributed by atoms with Crippen molar-refractivity contribution in [3.05, 3.63) is 28.8 Å². The Balaban J connectivity index is 1.97. The monoisotopic (exact) mass is 289 g/mol. The van der Waals surface area contributed by atoms with E-state index < -0.39 is 0 Å². The number of likely N-dealkylation sites (tertiary alicyclic amines) is 1. The van der Waals surface area contributed by atoms with Crippen molar-refractivity contribution < 1.29 is 9.53 Å². The average Bonchev–Trinajstić information content (AvgIpc) is 2.45. The summed E-state index contributed by atoms with van der Waals surface area (Å²) in [5, 5.41) is 0. The van der Waals surface area contributed by atoms with Crippen LogP contribution in [0.3, 0.4) is 0 Å². The van der Waals surface area contributed by atoms with Gasteiger partial charge in [0, 0.05) is 18.5 Å². The van der Waals surface area contributed by atoms with E-state index in [1.807, 2.05) is 26.0 Å². The lowest BCUT2D eigenvalue weighted by molar-refractivity contribution is 0.0951. The van der Waals surface area contributed by atoms with Crippen molar-refractivity contribution in [3.8, 4) is 5.75 Å². The van der Waals surface area contributed by atoms with E-state index in [-0.39, 0.29) is 5.78 Å². The molecule has 0 aliphatic carbocycles. The summed E-state index contributed by atoms with van der Waals surface area (Å²) in [4.78, 5) is 14.9. The number of piperidine rings is 1. The predicted molar refractivity (Wildman–Crippen MR) is 86.3 cm³/mol. The second-order valence-corrected chi connectivity index (χ2v) is 6.33. The molecule has 3 nitrogen and oxygen atoms in total. The van der Waals surface area contributed by atoms with Gasteiger partial charge in [0.05, 0.1) is 7.11 Å². The van der Waals surface area contributed by atoms with Crippen LogP contribution in [0.4, 0.5) is 0 Å². The van der Waals surface area contributed by atoms with Crippen molar-refractivity contribution in [2.24, 2.45) is 5.92 Å². The molecule has 116 valence electrons. The van der Waals surface area contributed by atoms with Crippen LogP contribution in [0.1, 0.15) is 47.7 Å². The Labute approximate surface area is 128 Å². The Hall–Kier alpha value is -1.35. The Morgan fingerprint density at radius 1 is 1.24 bits per heavy atom. The van der Waals surface area contributed by atoms with Crippen LogP contribution in [-0.2, 0) is 0 Å². The van der Waals surface area contributed by atoms with Crippen molar-refractivity contribution in [2.45, 2.75) is 40.0 Å². The van der Waals surface area contributed by atoms with Crippen molar-refractivity contribution >= 4 is 5.78 Å². The van der Waals surface area contributed by atoms with Crippen molar-refractivity contribution in [1.29, 1.82) is 0 Å². The summed E-state index contributed by atoms with van der Waals surface area (Å²) >= 11 is 0. The molecule has 2 rings (SSSR count). The Kier molecular flexibility index (Phi) is 5.40. The lowest BCUT2D eigenvalue weighted by atomic mass is 9.96. The summed E-state index contributed by atoms with van der Waals surface area (Å²) in [5.41, 5.74) is 2.91. The maximum absolute atomic E-state index is 12.5. The second kappa shape index (κ2) is 7.08. The van der Waals surface area contributed by atoms with Gasteiger partial charge in [-0.3, -0.25) is 4.79 Å². The molecule has 0 aromatic heterocycles. The molecule has 0 unspecified atom stereocenters. The molecule has 1 fully saturated rings. The van der Waals surface area contributed by atoms with Crippen molar-refractivity contribution in [2.75, 3.05) is 26.7 Å². The fourth-order valence-corrected chi connectivity index (χ4v) is 3.15. The van der Waals surface area contributed by atoms with Crippen LogP contribution in [0.25, 0.3) is 0 Å². The molecule has 1 aromatic carbocycles. The Morgan fingerprint density at radius 3 is 2.33 bits per heavy atom. The van der Waals surface area contributed by atoms with E-state index in [0.717, 1.165) is 48.0 Å². The molecule has 0 radical (unpaired) electrons. The average molecular weight is 289 g/mol. The third-order valence-corrected chi connectivity index (χ3v) is 4.55. The maximum Gasteiger partial charge on any atom is 0.164 e. The quantitative estimate of drug-likeness (QED) is 0.775. The number of hydrogen-bond donors (Lipinski definition) is 0. The summed E-state index contributed by atoms with van der Waals surface area (Å²) < 4.78 is 5.26. The van der Waals surface area contributed by atoms with Gasteiger partial charge in [-0.25, -0.2) is 0 Å². The van der Waals surface area contributed by atoms with Gasteiger partial charge in [-0.15, -0.1) is 0 Å². The van der Waals surface area contributed by atoms with Gasteiger partial charge in [-0.1, -0.05) is 6.92 Å². The number of methoxy groups -OCH3 is 1. The van der Waals surface area contributed by atoms with Crippen LogP contribution in [0.5, 0.6) is 5.75 Å². The van der Waals surface area contributed by atoms with Gasteiger partial charge in [-0.05, 0) is 69.0 Å². The van der Waals surface area contributed by atoms with Crippen LogP contribution in [0.2, 0.25) is 0 Å². The first-order valence-electron chi connectivity index (χ1n) is 7.92. The molecule has 1 aromatic rings. The summed E-state index contributed by atoms with van der Waals surface area (Å²) in [5.74, 6) is 1.92. The normalized spacial score (nSPS) is 17.0. The molecule has 0 saturated carbocycles. The maximum atomic E-state index is 12.5. The first-order chi connectivity index (χ1) is 10.0. The topological polar surface area (TPSA) is 29.5 Å². The number of carbonyl (C=O) groups is 1. The van der Waals surface area contributed by atoms with Crippen molar-refractivity contribution in [3.63, 3.8) is 0 Å². The number of hydrogen-bond acceptors (Lipinski definition) is 3. The molecular weight excluding hydrogens is 262 g/mol. The van der Waals surface area contributed by atoms with E-state index in [4.69, 9.17) is 4.74 Å². The predicted octanol–water partition coefficient (Wildman–Crippen LogP) is 3.62. The largest absolute Gasteiger partial charge is 0.497 e. The van der Waals surface area contributed by atoms with E-state index in [1.165, 1.54) is 12.8 Å². The molecule has 0 atom stereocenters. The third-order valence-electron chi connectivity index (χ3n) is 4.55. The van der Waals surface area contributed by atoms with Crippen molar-refractivity contribution in [1.82, 2.24) is 4.90 Å². The van der Waals surface area contributed by atoms with Crippen LogP contribution in [0.15, 0.2) is 12.1 Å². The zero-order valence-electron chi connectivity index (χ0n) is 13.7. The van der Waals surface area contributed by atoms with Gasteiger partial charge in [0.25, 0.3) is 0 Å². The SMILES string of the molecule is COc1cc(C)c(C(=O)CCN2CCC(C)CC2)c(C)c1. The van der Waals surface area contributed by atoms with Gasteiger partial charge in [0.2, 0.25) is 0 Å². The number of nitrogens with zero attached hydrogens (tertiary/aromatic N) is 1. The number of aryl methyl sites for hydroxylation is 2. The number of rotatable bonds is 5. The van der Waals surface area contributed by atoms with Crippen LogP contribution >= 0.6 is 0 Å². The lowest BCUT2D eigenvalue weighted by Gasteiger charge is -2.30. The fraction of sp³-hybridized carbons (Fsp3) is 0.611. The second-order valence-electron chi connectivity index (χ2n) is 6.33. The molecule has 1 heterocycles. The molecule has 3 heteroatoms. The molecule has 21 heavy (non-hydrogen) atoms. The van der Waals surface area contributed by atoms with Gasteiger partial charge < -0.3 is 9.64 Å². The fourth-order valence-electron chi connectivity index (χ4n) is 3.15. The van der Waals surface area contributed by atoms with Gasteiger partial charge >= 0.3 is 0 Å². The highest BCUT2D eigenvalue weighted by atomic mass is 16.5. The smallest absolute Gasteiger partial charge is 0.164 e. The molecule has 1 aliphatic rings. The number of Topliss-reactive ketones (excluding diaryl/α,β-unsaturated/α-hetero) is 1. The number of benzene rings is 1. The molecular formula is C18H27NO2. The zero-order valence-corrected chi connectivity index (χ0v) is 13.7. The molecule has 1 aliphatic heterocycles. The molecule has 0 amide bonds. The zero-order chi connectivity index (χ0) is 15.4. The first kappa shape index (κ1) is 16.0. The van der Waals surface area contributed by atoms with E-state index in [2.05, 4.69) is 11.8 Å². The Morgan fingerprint density at radius 2 is 1.81 bits per heavy atom. The van der Waals surface area contributed by atoms with Gasteiger partial charge in [-0.2, -0.15) is 0 Å². The van der Waals surface area contributed by atoms with Gasteiger partial charge in [0.15, 0.2) is 5.78 Å². The molecule has 0 spiro atoms. The highest BCUT2D eigenvalue weighted by Gasteiger charge is 2.18. The summed E-state index contributed by atoms with van der Waals surface area (Å²) in [6.07, 6.45) is 3.13. The minimum Gasteiger partial charge on any atom is -0.497 e. The highest BCUT2D eigenvalue weighted by Crippen LogP contribution is 2.23. The van der Waals surface area contributed by atoms with E-state index in [1.54, 1.807) is 7.11 Å². The third kappa shape index (κ3) is 4.07. The molecule has 1 saturated heterocycles. The van der Waals surface area contributed by atoms with Crippen LogP contribution in [-0.4, -0.2) is 37.4 Å². The standard InChI is InChI=1S/C18H27NO2/c1-13-5-8-19(9-6-13)10-7-17(20)18-14(2)11-16(21-4)12-15(18)3/h11-13H,5-10H2,1-4H3. The van der Waals surface area contributed by atoms with E-state index in [0.29, 0.717) is 6.42 Å². The summed E-state index contributed by atoms with van der Waals surface area (Å²) in [6.45, 7) is 9.45. The minimum atomic E-state index is 0.256. The molecule has 0 N–H and O–H groups in total. The van der Waals surface area contributed by atoms with E-state index in [9.17, 15) is 4.79 Å². The summed E-state index contributed by atoms with van der Waals surface area (Å²) in [6, 6.07) is 3.89. The summed E-state index contributed by atoms with van der Waals surface area (Å²) in [7, 11) is 1.66. The van der Waals surface area contributed by atoms with Crippen LogP contribution < -0.4 is 4.74 Å². The van der Waals surface area contributed by atoms with Gasteiger partial charge in [0.1, 0.15) is 5.75 Å². The first-order valence-corrected chi connectivity index (χ1v) is 7.92. The number of ketones is 1. The van der Waals surface area contributed by atoms with E-state index >= 15 is 0 Å². The minimum absolute atomic E-state index is 0.256. The van der Waals surface area contributed by atoms with Crippen LogP contribution in [0, 0.1) is 19.8 Å². The molecule has 0 bridgehead atoms. The highest BCUT2D eigenvalue weighted by molar-refractivity contribution is 5.99. The lowest BCUT2D eigenvalue weighted by Crippen LogP contribution is -2.34. The number of carbonyl (C=O) groups excluding carboxylic acids is 1. The Bertz CT molecular complexity index is 479. The number of ether oxygens (including phenoxy) is 1.